The number of anilines is 1. The number of carbonyl (C=O) groups excluding carboxylic acids is 1. The summed E-state index contributed by atoms with van der Waals surface area (Å²) in [5, 5.41) is 14.5. The van der Waals surface area contributed by atoms with Crippen LogP contribution in [0.4, 0.5) is 5.69 Å². The maximum absolute atomic E-state index is 12.7. The van der Waals surface area contributed by atoms with Crippen LogP contribution >= 0.6 is 0 Å². The van der Waals surface area contributed by atoms with Gasteiger partial charge in [-0.15, -0.1) is 0 Å². The Labute approximate surface area is 165 Å². The highest BCUT2D eigenvalue weighted by Gasteiger charge is 2.24. The fraction of sp³-hybridized carbons (Fsp3) is 0.300. The van der Waals surface area contributed by atoms with E-state index in [1.807, 2.05) is 35.2 Å². The maximum Gasteiger partial charge on any atom is 0.253 e. The van der Waals surface area contributed by atoms with Crippen LogP contribution in [0.25, 0.3) is 0 Å². The molecule has 146 valence electrons. The predicted octanol–water partition coefficient (Wildman–Crippen LogP) is 1.73. The number of nitrogens with zero attached hydrogens (tertiary/aromatic N) is 3. The smallest absolute Gasteiger partial charge is 0.253 e. The normalized spacial score (nSPS) is 14.6. The second-order valence-corrected chi connectivity index (χ2v) is 8.23. The summed E-state index contributed by atoms with van der Waals surface area (Å²) in [6.45, 7) is 4.23. The predicted molar refractivity (Wildman–Crippen MR) is 106 cm³/mol. The van der Waals surface area contributed by atoms with E-state index in [1.54, 1.807) is 11.0 Å². The van der Waals surface area contributed by atoms with Crippen LogP contribution in [-0.4, -0.2) is 45.4 Å². The Bertz CT molecular complexity index is 1020. The molecule has 3 rings (SSSR count). The Kier molecular flexibility index (Phi) is 5.68. The van der Waals surface area contributed by atoms with Gasteiger partial charge in [0.25, 0.3) is 5.91 Å². The van der Waals surface area contributed by atoms with Crippen molar-refractivity contribution in [2.75, 3.05) is 31.1 Å². The van der Waals surface area contributed by atoms with E-state index >= 15 is 0 Å². The van der Waals surface area contributed by atoms with E-state index in [9.17, 15) is 18.5 Å². The molecule has 0 unspecified atom stereocenters. The van der Waals surface area contributed by atoms with Crippen LogP contribution in [0.15, 0.2) is 47.4 Å². The molecule has 1 aliphatic rings. The first-order valence-electron chi connectivity index (χ1n) is 9.03. The molecule has 0 radical (unpaired) electrons. The van der Waals surface area contributed by atoms with Crippen LogP contribution in [0.3, 0.4) is 0 Å². The summed E-state index contributed by atoms with van der Waals surface area (Å²) >= 11 is 0. The molecule has 0 aromatic heterocycles. The van der Waals surface area contributed by atoms with Crippen LogP contribution in [0, 0.1) is 11.3 Å². The SMILES string of the molecule is CCc1ccc(C(=O)N2CCN(c3ccc(S(N)(=O)=O)cc3C#N)CC2)cc1. The summed E-state index contributed by atoms with van der Waals surface area (Å²) in [5.74, 6) is -0.00705. The first kappa shape index (κ1) is 19.9. The molecular formula is C20H22N4O3S. The second kappa shape index (κ2) is 8.00. The van der Waals surface area contributed by atoms with Gasteiger partial charge in [-0.05, 0) is 42.3 Å². The van der Waals surface area contributed by atoms with Gasteiger partial charge in [0.15, 0.2) is 0 Å². The molecule has 0 spiro atoms. The molecule has 0 atom stereocenters. The van der Waals surface area contributed by atoms with Crippen molar-refractivity contribution in [1.82, 2.24) is 4.90 Å². The van der Waals surface area contributed by atoms with E-state index < -0.39 is 10.0 Å². The highest BCUT2D eigenvalue weighted by atomic mass is 32.2. The van der Waals surface area contributed by atoms with E-state index in [0.717, 1.165) is 6.42 Å². The molecule has 0 bridgehead atoms. The van der Waals surface area contributed by atoms with E-state index in [1.165, 1.54) is 17.7 Å². The molecule has 1 heterocycles. The number of hydrogen-bond donors (Lipinski definition) is 1. The highest BCUT2D eigenvalue weighted by Crippen LogP contribution is 2.24. The summed E-state index contributed by atoms with van der Waals surface area (Å²) in [4.78, 5) is 16.4. The molecule has 1 fully saturated rings. The molecule has 1 amide bonds. The van der Waals surface area contributed by atoms with Gasteiger partial charge in [-0.3, -0.25) is 4.79 Å². The third-order valence-electron chi connectivity index (χ3n) is 4.93. The topological polar surface area (TPSA) is 108 Å². The number of benzene rings is 2. The maximum atomic E-state index is 12.7. The van der Waals surface area contributed by atoms with Gasteiger partial charge >= 0.3 is 0 Å². The van der Waals surface area contributed by atoms with Gasteiger partial charge in [0.05, 0.1) is 16.1 Å². The van der Waals surface area contributed by atoms with E-state index in [-0.39, 0.29) is 16.4 Å². The Morgan fingerprint density at radius 2 is 1.75 bits per heavy atom. The summed E-state index contributed by atoms with van der Waals surface area (Å²) in [6.07, 6.45) is 0.929. The largest absolute Gasteiger partial charge is 0.367 e. The van der Waals surface area contributed by atoms with Crippen LogP contribution in [0.5, 0.6) is 0 Å². The lowest BCUT2D eigenvalue weighted by Gasteiger charge is -2.36. The first-order valence-corrected chi connectivity index (χ1v) is 10.6. The Morgan fingerprint density at radius 1 is 1.11 bits per heavy atom. The van der Waals surface area contributed by atoms with Gasteiger partial charge in [-0.1, -0.05) is 19.1 Å². The van der Waals surface area contributed by atoms with Crippen LogP contribution in [0.1, 0.15) is 28.4 Å². The highest BCUT2D eigenvalue weighted by molar-refractivity contribution is 7.89. The quantitative estimate of drug-likeness (QED) is 0.844. The van der Waals surface area contributed by atoms with Gasteiger partial charge in [0.2, 0.25) is 10.0 Å². The fourth-order valence-electron chi connectivity index (χ4n) is 3.27. The van der Waals surface area contributed by atoms with E-state index in [2.05, 4.69) is 6.92 Å². The number of nitrogens with two attached hydrogens (primary N) is 1. The van der Waals surface area contributed by atoms with Crippen molar-refractivity contribution >= 4 is 21.6 Å². The monoisotopic (exact) mass is 398 g/mol. The molecule has 28 heavy (non-hydrogen) atoms. The van der Waals surface area contributed by atoms with Crippen molar-refractivity contribution in [1.29, 1.82) is 5.26 Å². The average molecular weight is 398 g/mol. The van der Waals surface area contributed by atoms with Crippen molar-refractivity contribution in [3.63, 3.8) is 0 Å². The van der Waals surface area contributed by atoms with E-state index in [4.69, 9.17) is 5.14 Å². The van der Waals surface area contributed by atoms with Crippen molar-refractivity contribution < 1.29 is 13.2 Å². The van der Waals surface area contributed by atoms with Gasteiger partial charge in [0, 0.05) is 31.7 Å². The lowest BCUT2D eigenvalue weighted by atomic mass is 10.1. The molecule has 2 N–H and O–H groups in total. The van der Waals surface area contributed by atoms with Crippen molar-refractivity contribution in [2.24, 2.45) is 5.14 Å². The standard InChI is InChI=1S/C20H22N4O3S/c1-2-15-3-5-16(6-4-15)20(25)24-11-9-23(10-12-24)19-8-7-18(28(22,26)27)13-17(19)14-21/h3-8,13H,2,9-12H2,1H3,(H2,22,26,27). The number of amides is 1. The second-order valence-electron chi connectivity index (χ2n) is 6.67. The summed E-state index contributed by atoms with van der Waals surface area (Å²) in [5.41, 5.74) is 2.75. The Morgan fingerprint density at radius 3 is 2.29 bits per heavy atom. The molecule has 0 aliphatic carbocycles. The third kappa shape index (κ3) is 4.16. The number of primary sulfonamides is 1. The number of rotatable bonds is 4. The number of carbonyl (C=O) groups is 1. The zero-order valence-corrected chi connectivity index (χ0v) is 16.4. The van der Waals surface area contributed by atoms with Gasteiger partial charge in [-0.2, -0.15) is 5.26 Å². The molecular weight excluding hydrogens is 376 g/mol. The molecule has 2 aromatic carbocycles. The molecule has 0 saturated carbocycles. The zero-order chi connectivity index (χ0) is 20.3. The number of sulfonamides is 1. The number of nitriles is 1. The minimum absolute atomic E-state index is 0.00705. The molecule has 8 heteroatoms. The Hall–Kier alpha value is -2.89. The van der Waals surface area contributed by atoms with Crippen LogP contribution < -0.4 is 10.0 Å². The minimum Gasteiger partial charge on any atom is -0.367 e. The number of aryl methyl sites for hydroxylation is 1. The van der Waals surface area contributed by atoms with Gasteiger partial charge < -0.3 is 9.80 Å². The van der Waals surface area contributed by atoms with Crippen molar-refractivity contribution in [2.45, 2.75) is 18.2 Å². The van der Waals surface area contributed by atoms with Crippen molar-refractivity contribution in [3.05, 3.63) is 59.2 Å². The van der Waals surface area contributed by atoms with E-state index in [0.29, 0.717) is 37.4 Å². The van der Waals surface area contributed by atoms with Crippen LogP contribution in [0.2, 0.25) is 0 Å². The summed E-state index contributed by atoms with van der Waals surface area (Å²) in [7, 11) is -3.86. The molecule has 7 nitrogen and oxygen atoms in total. The summed E-state index contributed by atoms with van der Waals surface area (Å²) < 4.78 is 23.0. The Balaban J connectivity index is 1.71. The van der Waals surface area contributed by atoms with Gasteiger partial charge in [0.1, 0.15) is 6.07 Å². The molecule has 1 saturated heterocycles. The zero-order valence-electron chi connectivity index (χ0n) is 15.6. The van der Waals surface area contributed by atoms with Crippen molar-refractivity contribution in [3.8, 4) is 6.07 Å². The molecule has 1 aliphatic heterocycles. The minimum atomic E-state index is -3.86. The lowest BCUT2D eigenvalue weighted by Crippen LogP contribution is -2.49. The van der Waals surface area contributed by atoms with Gasteiger partial charge in [-0.25, -0.2) is 13.6 Å². The fourth-order valence-corrected chi connectivity index (χ4v) is 3.81. The average Bonchev–Trinajstić information content (AvgIpc) is 2.72. The number of piperazine rings is 1. The lowest BCUT2D eigenvalue weighted by molar-refractivity contribution is 0.0746. The third-order valence-corrected chi connectivity index (χ3v) is 5.84. The summed E-state index contributed by atoms with van der Waals surface area (Å²) in [6, 6.07) is 14.0. The molecule has 2 aromatic rings. The number of hydrogen-bond acceptors (Lipinski definition) is 5. The van der Waals surface area contributed by atoms with Crippen LogP contribution in [-0.2, 0) is 16.4 Å². The first-order chi connectivity index (χ1) is 13.3.